The van der Waals surface area contributed by atoms with Crippen molar-refractivity contribution in [1.82, 2.24) is 14.8 Å². The summed E-state index contributed by atoms with van der Waals surface area (Å²) >= 11 is 1.61. The summed E-state index contributed by atoms with van der Waals surface area (Å²) in [6.45, 7) is 13.3. The number of nitrogens with zero attached hydrogens (tertiary/aromatic N) is 3. The number of hydrogen-bond donors (Lipinski definition) is 2. The molecule has 0 aliphatic carbocycles. The van der Waals surface area contributed by atoms with Crippen molar-refractivity contribution in [3.63, 3.8) is 0 Å². The van der Waals surface area contributed by atoms with Crippen LogP contribution in [0.2, 0.25) is 0 Å². The Bertz CT molecular complexity index is 1630. The lowest BCUT2D eigenvalue weighted by molar-refractivity contribution is -0.136. The number of carbonyl (C=O) groups is 1. The third kappa shape index (κ3) is 6.80. The van der Waals surface area contributed by atoms with Gasteiger partial charge in [0.05, 0.1) is 33.6 Å². The van der Waals surface area contributed by atoms with E-state index in [-0.39, 0.29) is 6.42 Å². The number of carboxylic acids is 1. The first-order valence-electron chi connectivity index (χ1n) is 12.9. The predicted octanol–water partition coefficient (Wildman–Crippen LogP) is 7.45. The Hall–Kier alpha value is -3.81. The van der Waals surface area contributed by atoms with E-state index in [0.29, 0.717) is 0 Å². The molecule has 0 aliphatic rings. The summed E-state index contributed by atoms with van der Waals surface area (Å²) in [5, 5.41) is 23.6. The molecule has 0 saturated heterocycles. The molecule has 0 atom stereocenters. The maximum atomic E-state index is 11.7. The SMILES string of the molecule is CC(C)(C)O.Cc1ccc(-c2c(CC(=O)O)c(C)cc3nc(-c4cccc(-n5nc(C)cc5C)c4)sc23)cc1. The summed E-state index contributed by atoms with van der Waals surface area (Å²) in [5.41, 5.74) is 9.38. The normalized spacial score (nSPS) is 11.4. The maximum Gasteiger partial charge on any atom is 0.307 e. The molecule has 7 heteroatoms. The molecule has 0 aliphatic heterocycles. The van der Waals surface area contributed by atoms with Gasteiger partial charge in [-0.3, -0.25) is 4.79 Å². The number of aliphatic carboxylic acids is 1. The summed E-state index contributed by atoms with van der Waals surface area (Å²) in [6.07, 6.45) is -0.0222. The first-order chi connectivity index (χ1) is 18.3. The van der Waals surface area contributed by atoms with Gasteiger partial charge < -0.3 is 10.2 Å². The second-order valence-electron chi connectivity index (χ2n) is 10.9. The van der Waals surface area contributed by atoms with Crippen LogP contribution in [0.15, 0.2) is 60.7 Å². The van der Waals surface area contributed by atoms with Gasteiger partial charge in [-0.05, 0) is 89.4 Å². The molecule has 0 saturated carbocycles. The topological polar surface area (TPSA) is 88.2 Å². The van der Waals surface area contributed by atoms with E-state index < -0.39 is 11.6 Å². The van der Waals surface area contributed by atoms with Gasteiger partial charge in [0, 0.05) is 16.8 Å². The van der Waals surface area contributed by atoms with Crippen LogP contribution in [0.3, 0.4) is 0 Å². The fraction of sp³-hybridized carbons (Fsp3) is 0.281. The third-order valence-electron chi connectivity index (χ3n) is 6.03. The molecule has 2 N–H and O–H groups in total. The molecule has 0 amide bonds. The van der Waals surface area contributed by atoms with Gasteiger partial charge in [-0.1, -0.05) is 42.0 Å². The second-order valence-corrected chi connectivity index (χ2v) is 11.9. The molecule has 39 heavy (non-hydrogen) atoms. The smallest absolute Gasteiger partial charge is 0.307 e. The Labute approximate surface area is 233 Å². The van der Waals surface area contributed by atoms with Gasteiger partial charge in [0.25, 0.3) is 0 Å². The molecule has 0 bridgehead atoms. The molecule has 202 valence electrons. The van der Waals surface area contributed by atoms with Crippen molar-refractivity contribution in [1.29, 1.82) is 0 Å². The molecular weight excluding hydrogens is 506 g/mol. The molecule has 0 spiro atoms. The van der Waals surface area contributed by atoms with Gasteiger partial charge in [0.1, 0.15) is 5.01 Å². The fourth-order valence-electron chi connectivity index (χ4n) is 4.42. The van der Waals surface area contributed by atoms with Crippen molar-refractivity contribution in [2.45, 2.75) is 60.5 Å². The molecule has 0 radical (unpaired) electrons. The van der Waals surface area contributed by atoms with Crippen molar-refractivity contribution in [3.05, 3.63) is 88.7 Å². The number of fused-ring (bicyclic) bond motifs is 1. The van der Waals surface area contributed by atoms with Gasteiger partial charge in [-0.2, -0.15) is 5.10 Å². The quantitative estimate of drug-likeness (QED) is 0.241. The largest absolute Gasteiger partial charge is 0.481 e. The Morgan fingerprint density at radius 1 is 0.949 bits per heavy atom. The van der Waals surface area contributed by atoms with Crippen LogP contribution in [0, 0.1) is 27.7 Å². The van der Waals surface area contributed by atoms with E-state index in [1.54, 1.807) is 32.1 Å². The van der Waals surface area contributed by atoms with E-state index >= 15 is 0 Å². The molecule has 0 unspecified atom stereocenters. The summed E-state index contributed by atoms with van der Waals surface area (Å²) in [4.78, 5) is 16.7. The van der Waals surface area contributed by atoms with E-state index in [1.165, 1.54) is 5.56 Å². The van der Waals surface area contributed by atoms with E-state index in [0.717, 1.165) is 60.1 Å². The average Bonchev–Trinajstić information content (AvgIpc) is 3.41. The van der Waals surface area contributed by atoms with Crippen LogP contribution in [0.1, 0.15) is 48.8 Å². The molecule has 2 aromatic heterocycles. The van der Waals surface area contributed by atoms with E-state index in [4.69, 9.17) is 10.1 Å². The number of rotatable bonds is 5. The molecule has 5 rings (SSSR count). The zero-order valence-electron chi connectivity index (χ0n) is 23.5. The molecule has 5 aromatic rings. The minimum Gasteiger partial charge on any atom is -0.481 e. The highest BCUT2D eigenvalue weighted by Gasteiger charge is 2.19. The Morgan fingerprint density at radius 3 is 2.21 bits per heavy atom. The van der Waals surface area contributed by atoms with Crippen LogP contribution >= 0.6 is 11.3 Å². The number of aryl methyl sites for hydroxylation is 4. The zero-order chi connectivity index (χ0) is 28.5. The van der Waals surface area contributed by atoms with Crippen molar-refractivity contribution < 1.29 is 15.0 Å². The summed E-state index contributed by atoms with van der Waals surface area (Å²) in [6, 6.07) is 20.6. The minimum absolute atomic E-state index is 0.0222. The third-order valence-corrected chi connectivity index (χ3v) is 7.16. The molecule has 3 aromatic carbocycles. The Balaban J connectivity index is 0.000000648. The van der Waals surface area contributed by atoms with E-state index in [2.05, 4.69) is 47.6 Å². The van der Waals surface area contributed by atoms with Crippen molar-refractivity contribution in [3.8, 4) is 27.4 Å². The number of hydrogen-bond acceptors (Lipinski definition) is 5. The lowest BCUT2D eigenvalue weighted by atomic mass is 9.93. The maximum absolute atomic E-state index is 11.7. The molecular formula is C32H35N3O3S. The molecule has 2 heterocycles. The van der Waals surface area contributed by atoms with Crippen LogP contribution in [-0.2, 0) is 11.2 Å². The number of benzene rings is 3. The first-order valence-corrected chi connectivity index (χ1v) is 13.7. The van der Waals surface area contributed by atoms with Gasteiger partial charge >= 0.3 is 5.97 Å². The Kier molecular flexibility index (Phi) is 8.04. The van der Waals surface area contributed by atoms with Gasteiger partial charge in [-0.15, -0.1) is 11.3 Å². The average molecular weight is 542 g/mol. The highest BCUT2D eigenvalue weighted by Crippen LogP contribution is 2.41. The van der Waals surface area contributed by atoms with Crippen molar-refractivity contribution >= 4 is 27.5 Å². The first kappa shape index (κ1) is 28.2. The van der Waals surface area contributed by atoms with Gasteiger partial charge in [0.2, 0.25) is 0 Å². The lowest BCUT2D eigenvalue weighted by Crippen LogP contribution is -2.10. The van der Waals surface area contributed by atoms with E-state index in [9.17, 15) is 9.90 Å². The summed E-state index contributed by atoms with van der Waals surface area (Å²) in [5.74, 6) is -0.835. The molecule has 6 nitrogen and oxygen atoms in total. The standard InChI is InChI=1S/C28H25N3O2S.C4H10O/c1-16-8-10-20(11-9-16)26-23(15-25(32)33)17(2)12-24-27(26)34-28(29-24)21-6-5-7-22(14-21)31-19(4)13-18(3)30-31;1-4(2,3)5/h5-14H,15H2,1-4H3,(H,32,33);5H,1-3H3. The highest BCUT2D eigenvalue weighted by atomic mass is 32.1. The number of carboxylic acid groups (broad SMARTS) is 1. The van der Waals surface area contributed by atoms with Gasteiger partial charge in [0.15, 0.2) is 0 Å². The van der Waals surface area contributed by atoms with Crippen molar-refractivity contribution in [2.24, 2.45) is 0 Å². The van der Waals surface area contributed by atoms with Crippen LogP contribution < -0.4 is 0 Å². The number of aliphatic hydroxyl groups is 1. The van der Waals surface area contributed by atoms with Crippen molar-refractivity contribution in [2.75, 3.05) is 0 Å². The number of thiazole rings is 1. The summed E-state index contributed by atoms with van der Waals surface area (Å²) < 4.78 is 2.95. The van der Waals surface area contributed by atoms with Crippen LogP contribution in [0.25, 0.3) is 37.6 Å². The summed E-state index contributed by atoms with van der Waals surface area (Å²) in [7, 11) is 0. The lowest BCUT2D eigenvalue weighted by Gasteiger charge is -2.13. The van der Waals surface area contributed by atoms with Crippen LogP contribution in [0.5, 0.6) is 0 Å². The predicted molar refractivity (Wildman–Crippen MR) is 160 cm³/mol. The fourth-order valence-corrected chi connectivity index (χ4v) is 5.56. The number of aromatic nitrogens is 3. The monoisotopic (exact) mass is 541 g/mol. The van der Waals surface area contributed by atoms with Gasteiger partial charge in [-0.25, -0.2) is 9.67 Å². The second kappa shape index (κ2) is 11.1. The Morgan fingerprint density at radius 2 is 1.62 bits per heavy atom. The van der Waals surface area contributed by atoms with Crippen LogP contribution in [0.4, 0.5) is 0 Å². The van der Waals surface area contributed by atoms with E-state index in [1.807, 2.05) is 50.6 Å². The molecule has 0 fully saturated rings. The zero-order valence-corrected chi connectivity index (χ0v) is 24.3. The van der Waals surface area contributed by atoms with Crippen LogP contribution in [-0.4, -0.2) is 36.5 Å². The minimum atomic E-state index is -0.835. The highest BCUT2D eigenvalue weighted by molar-refractivity contribution is 7.22.